The predicted octanol–water partition coefficient (Wildman–Crippen LogP) is 2.16. The van der Waals surface area contributed by atoms with E-state index < -0.39 is 0 Å². The van der Waals surface area contributed by atoms with Crippen molar-refractivity contribution in [2.45, 2.75) is 32.2 Å². The van der Waals surface area contributed by atoms with Gasteiger partial charge in [0.1, 0.15) is 0 Å². The van der Waals surface area contributed by atoms with Crippen LogP contribution < -0.4 is 0 Å². The minimum atomic E-state index is 0.347. The second-order valence-corrected chi connectivity index (χ2v) is 6.53. The van der Waals surface area contributed by atoms with E-state index in [-0.39, 0.29) is 0 Å². The van der Waals surface area contributed by atoms with Crippen LogP contribution >= 0.6 is 0 Å². The summed E-state index contributed by atoms with van der Waals surface area (Å²) in [5, 5.41) is 0. The molecule has 3 rings (SSSR count). The molecular formula is C17H25N3O. The monoisotopic (exact) mass is 287 g/mol. The van der Waals surface area contributed by atoms with Crippen molar-refractivity contribution in [3.8, 4) is 0 Å². The third-order valence-corrected chi connectivity index (χ3v) is 4.65. The summed E-state index contributed by atoms with van der Waals surface area (Å²) in [6.07, 6.45) is 6.45. The fourth-order valence-corrected chi connectivity index (χ4v) is 3.17. The van der Waals surface area contributed by atoms with Crippen LogP contribution in [-0.4, -0.2) is 47.4 Å². The van der Waals surface area contributed by atoms with Gasteiger partial charge in [0.15, 0.2) is 0 Å². The lowest BCUT2D eigenvalue weighted by atomic mass is 9.96. The minimum absolute atomic E-state index is 0.347. The van der Waals surface area contributed by atoms with Crippen molar-refractivity contribution in [2.75, 3.05) is 26.7 Å². The van der Waals surface area contributed by atoms with Crippen LogP contribution in [0.1, 0.15) is 31.4 Å². The van der Waals surface area contributed by atoms with E-state index in [1.165, 1.54) is 12.8 Å². The summed E-state index contributed by atoms with van der Waals surface area (Å²) in [5.74, 6) is 1.38. The second kappa shape index (κ2) is 6.56. The molecule has 1 aliphatic carbocycles. The summed E-state index contributed by atoms with van der Waals surface area (Å²) < 4.78 is 0. The van der Waals surface area contributed by atoms with Crippen LogP contribution in [-0.2, 0) is 11.3 Å². The van der Waals surface area contributed by atoms with Gasteiger partial charge in [-0.2, -0.15) is 0 Å². The zero-order chi connectivity index (χ0) is 14.7. The van der Waals surface area contributed by atoms with Crippen molar-refractivity contribution in [2.24, 2.45) is 11.8 Å². The Hall–Kier alpha value is -1.42. The Balaban J connectivity index is 1.41. The maximum Gasteiger partial charge on any atom is 0.225 e. The first-order valence-corrected chi connectivity index (χ1v) is 8.09. The van der Waals surface area contributed by atoms with Crippen LogP contribution in [0.2, 0.25) is 0 Å². The fraction of sp³-hybridized carbons (Fsp3) is 0.647. The molecule has 1 aliphatic heterocycles. The summed E-state index contributed by atoms with van der Waals surface area (Å²) in [6, 6.07) is 6.10. The minimum Gasteiger partial charge on any atom is -0.345 e. The molecule has 2 aliphatic rings. The molecule has 4 heteroatoms. The number of carbonyl (C=O) groups is 1. The zero-order valence-corrected chi connectivity index (χ0v) is 12.9. The van der Waals surface area contributed by atoms with E-state index in [0.717, 1.165) is 44.7 Å². The third-order valence-electron chi connectivity index (χ3n) is 4.65. The number of pyridine rings is 1. The van der Waals surface area contributed by atoms with Gasteiger partial charge in [-0.05, 0) is 56.8 Å². The molecule has 21 heavy (non-hydrogen) atoms. The highest BCUT2D eigenvalue weighted by Crippen LogP contribution is 2.31. The molecule has 0 aromatic carbocycles. The molecular weight excluding hydrogens is 262 g/mol. The van der Waals surface area contributed by atoms with Gasteiger partial charge in [0.2, 0.25) is 5.91 Å². The molecule has 1 aromatic rings. The summed E-state index contributed by atoms with van der Waals surface area (Å²) in [4.78, 5) is 20.8. The van der Waals surface area contributed by atoms with Gasteiger partial charge in [-0.1, -0.05) is 6.07 Å². The number of nitrogens with zero attached hydrogens (tertiary/aromatic N) is 3. The Morgan fingerprint density at radius 2 is 2.05 bits per heavy atom. The molecule has 4 nitrogen and oxygen atoms in total. The molecule has 1 saturated carbocycles. The highest BCUT2D eigenvalue weighted by molar-refractivity contribution is 5.80. The Morgan fingerprint density at radius 1 is 1.29 bits per heavy atom. The maximum absolute atomic E-state index is 12.0. The predicted molar refractivity (Wildman–Crippen MR) is 82.6 cm³/mol. The lowest BCUT2D eigenvalue weighted by Gasteiger charge is -2.33. The molecule has 0 bridgehead atoms. The number of amides is 1. The summed E-state index contributed by atoms with van der Waals surface area (Å²) >= 11 is 0. The standard InChI is InChI=1S/C17H25N3O/c1-19(17(21)15-5-6-15)12-14-7-10-20(11-8-14)13-16-4-2-3-9-18-16/h2-4,9,14-15H,5-8,10-13H2,1H3. The van der Waals surface area contributed by atoms with Crippen LogP contribution in [0.4, 0.5) is 0 Å². The summed E-state index contributed by atoms with van der Waals surface area (Å²) in [6.45, 7) is 4.12. The zero-order valence-electron chi connectivity index (χ0n) is 12.9. The molecule has 2 fully saturated rings. The molecule has 1 amide bonds. The van der Waals surface area contributed by atoms with E-state index in [0.29, 0.717) is 17.7 Å². The molecule has 0 N–H and O–H groups in total. The Labute approximate surface area is 127 Å². The molecule has 1 saturated heterocycles. The van der Waals surface area contributed by atoms with Crippen LogP contribution in [0.25, 0.3) is 0 Å². The van der Waals surface area contributed by atoms with Gasteiger partial charge in [0.25, 0.3) is 0 Å². The molecule has 0 radical (unpaired) electrons. The lowest BCUT2D eigenvalue weighted by molar-refractivity contribution is -0.132. The number of carbonyl (C=O) groups excluding carboxylic acids is 1. The van der Waals surface area contributed by atoms with E-state index in [1.54, 1.807) is 0 Å². The SMILES string of the molecule is CN(CC1CCN(Cc2ccccn2)CC1)C(=O)C1CC1. The number of likely N-dealkylation sites (tertiary alicyclic amines) is 1. The topological polar surface area (TPSA) is 36.4 Å². The number of rotatable bonds is 5. The van der Waals surface area contributed by atoms with Crippen LogP contribution in [0.3, 0.4) is 0 Å². The van der Waals surface area contributed by atoms with Gasteiger partial charge in [0, 0.05) is 32.3 Å². The van der Waals surface area contributed by atoms with Gasteiger partial charge in [-0.15, -0.1) is 0 Å². The van der Waals surface area contributed by atoms with E-state index in [1.807, 2.05) is 30.3 Å². The number of hydrogen-bond acceptors (Lipinski definition) is 3. The normalized spacial score (nSPS) is 20.4. The van der Waals surface area contributed by atoms with Crippen LogP contribution in [0.15, 0.2) is 24.4 Å². The molecule has 1 aromatic heterocycles. The van der Waals surface area contributed by atoms with Gasteiger partial charge < -0.3 is 4.90 Å². The fourth-order valence-electron chi connectivity index (χ4n) is 3.17. The third kappa shape index (κ3) is 4.03. The van der Waals surface area contributed by atoms with E-state index >= 15 is 0 Å². The van der Waals surface area contributed by atoms with Crippen molar-refractivity contribution >= 4 is 5.91 Å². The van der Waals surface area contributed by atoms with Gasteiger partial charge in [-0.25, -0.2) is 0 Å². The van der Waals surface area contributed by atoms with Crippen molar-refractivity contribution in [3.63, 3.8) is 0 Å². The van der Waals surface area contributed by atoms with Crippen molar-refractivity contribution < 1.29 is 4.79 Å². The summed E-state index contributed by atoms with van der Waals surface area (Å²) in [7, 11) is 1.97. The van der Waals surface area contributed by atoms with Crippen molar-refractivity contribution in [1.29, 1.82) is 0 Å². The highest BCUT2D eigenvalue weighted by atomic mass is 16.2. The summed E-state index contributed by atoms with van der Waals surface area (Å²) in [5.41, 5.74) is 1.15. The first-order chi connectivity index (χ1) is 10.2. The first kappa shape index (κ1) is 14.5. The first-order valence-electron chi connectivity index (χ1n) is 8.09. The molecule has 0 spiro atoms. The Bertz CT molecular complexity index is 464. The largest absolute Gasteiger partial charge is 0.345 e. The molecule has 0 atom stereocenters. The van der Waals surface area contributed by atoms with Gasteiger partial charge in [-0.3, -0.25) is 14.7 Å². The van der Waals surface area contributed by atoms with Crippen molar-refractivity contribution in [1.82, 2.24) is 14.8 Å². The Kier molecular flexibility index (Phi) is 4.54. The smallest absolute Gasteiger partial charge is 0.225 e. The number of aromatic nitrogens is 1. The van der Waals surface area contributed by atoms with Crippen LogP contribution in [0, 0.1) is 11.8 Å². The average Bonchev–Trinajstić information content (AvgIpc) is 3.34. The van der Waals surface area contributed by atoms with E-state index in [2.05, 4.69) is 16.0 Å². The lowest BCUT2D eigenvalue weighted by Crippen LogP contribution is -2.39. The van der Waals surface area contributed by atoms with Gasteiger partial charge >= 0.3 is 0 Å². The number of piperidine rings is 1. The van der Waals surface area contributed by atoms with Crippen LogP contribution in [0.5, 0.6) is 0 Å². The number of hydrogen-bond donors (Lipinski definition) is 0. The molecule has 0 unspecified atom stereocenters. The maximum atomic E-state index is 12.0. The highest BCUT2D eigenvalue weighted by Gasteiger charge is 2.33. The van der Waals surface area contributed by atoms with E-state index in [4.69, 9.17) is 0 Å². The molecule has 2 heterocycles. The van der Waals surface area contributed by atoms with Crippen molar-refractivity contribution in [3.05, 3.63) is 30.1 Å². The van der Waals surface area contributed by atoms with Gasteiger partial charge in [0.05, 0.1) is 5.69 Å². The second-order valence-electron chi connectivity index (χ2n) is 6.53. The average molecular weight is 287 g/mol. The quantitative estimate of drug-likeness (QED) is 0.832. The molecule has 114 valence electrons. The Morgan fingerprint density at radius 3 is 2.67 bits per heavy atom. The van der Waals surface area contributed by atoms with E-state index in [9.17, 15) is 4.79 Å².